The zero-order chi connectivity index (χ0) is 16.3. The van der Waals surface area contributed by atoms with E-state index in [0.29, 0.717) is 0 Å². The van der Waals surface area contributed by atoms with Gasteiger partial charge in [-0.2, -0.15) is 13.2 Å². The number of ether oxygens (including phenoxy) is 1. The number of hydrogen-bond donors (Lipinski definition) is 2. The van der Waals surface area contributed by atoms with E-state index in [1.165, 1.54) is 6.07 Å². The molecule has 1 rings (SSSR count). The summed E-state index contributed by atoms with van der Waals surface area (Å²) in [5.41, 5.74) is -0.108. The van der Waals surface area contributed by atoms with Gasteiger partial charge in [0, 0.05) is 0 Å². The van der Waals surface area contributed by atoms with Crippen LogP contribution in [0.5, 0.6) is 0 Å². The van der Waals surface area contributed by atoms with Crippen molar-refractivity contribution in [3.8, 4) is 0 Å². The van der Waals surface area contributed by atoms with Crippen LogP contribution in [0.25, 0.3) is 0 Å². The molecule has 0 aromatic heterocycles. The van der Waals surface area contributed by atoms with Gasteiger partial charge in [-0.1, -0.05) is 11.6 Å². The van der Waals surface area contributed by atoms with Gasteiger partial charge in [-0.25, -0.2) is 13.6 Å². The molecule has 0 unspecified atom stereocenters. The smallest absolute Gasteiger partial charge is 0.362 e. The number of alkyl halides is 3. The molecule has 0 atom stereocenters. The molecular weight excluding hydrogens is 337 g/mol. The minimum Gasteiger partial charge on any atom is -0.362 e. The Labute approximate surface area is 123 Å². The number of carbonyl (C=O) groups excluding carboxylic acids is 1. The minimum absolute atomic E-state index is 0.00780. The summed E-state index contributed by atoms with van der Waals surface area (Å²) >= 11 is 5.73. The maximum Gasteiger partial charge on any atom is 0.411 e. The molecule has 0 radical (unpaired) electrons. The first-order chi connectivity index (χ1) is 9.49. The first kappa shape index (κ1) is 17.7. The highest BCUT2D eigenvalue weighted by Crippen LogP contribution is 2.24. The lowest BCUT2D eigenvalue weighted by atomic mass is 10.3. The Bertz CT molecular complexity index is 634. The predicted molar refractivity (Wildman–Crippen MR) is 68.3 cm³/mol. The number of rotatable bonds is 5. The number of halogens is 4. The van der Waals surface area contributed by atoms with Gasteiger partial charge in [0.05, 0.1) is 15.6 Å². The molecule has 118 valence electrons. The third-order valence-electron chi connectivity index (χ3n) is 2.04. The average Bonchev–Trinajstić information content (AvgIpc) is 2.28. The number of hydrogen-bond acceptors (Lipinski definition) is 4. The van der Waals surface area contributed by atoms with Crippen LogP contribution < -0.4 is 10.5 Å². The Balaban J connectivity index is 2.72. The summed E-state index contributed by atoms with van der Waals surface area (Å²) in [5, 5.41) is 7.02. The van der Waals surface area contributed by atoms with Crippen molar-refractivity contribution in [2.24, 2.45) is 5.14 Å². The van der Waals surface area contributed by atoms with Gasteiger partial charge < -0.3 is 10.1 Å². The van der Waals surface area contributed by atoms with Crippen LogP contribution in [0, 0.1) is 0 Å². The number of nitrogens with one attached hydrogen (secondary N) is 1. The summed E-state index contributed by atoms with van der Waals surface area (Å²) in [6.07, 6.45) is -4.55. The number of amides is 1. The third kappa shape index (κ3) is 6.29. The lowest BCUT2D eigenvalue weighted by molar-refractivity contribution is -0.174. The normalized spacial score (nSPS) is 12.2. The first-order valence-electron chi connectivity index (χ1n) is 5.26. The van der Waals surface area contributed by atoms with Crippen LogP contribution in [0.2, 0.25) is 5.02 Å². The van der Waals surface area contributed by atoms with Crippen molar-refractivity contribution in [1.82, 2.24) is 0 Å². The van der Waals surface area contributed by atoms with E-state index in [1.54, 1.807) is 0 Å². The van der Waals surface area contributed by atoms with Crippen molar-refractivity contribution in [1.29, 1.82) is 0 Å². The molecule has 0 saturated heterocycles. The molecule has 0 aliphatic carbocycles. The van der Waals surface area contributed by atoms with Gasteiger partial charge >= 0.3 is 6.18 Å². The van der Waals surface area contributed by atoms with Crippen LogP contribution in [0.15, 0.2) is 23.1 Å². The molecule has 0 fully saturated rings. The van der Waals surface area contributed by atoms with Crippen molar-refractivity contribution in [3.63, 3.8) is 0 Å². The third-order valence-corrected chi connectivity index (χ3v) is 3.28. The molecule has 0 heterocycles. The molecular formula is C10H10ClF3N2O4S. The predicted octanol–water partition coefficient (Wildman–Crippen LogP) is 1.50. The highest BCUT2D eigenvalue weighted by atomic mass is 35.5. The lowest BCUT2D eigenvalue weighted by Crippen LogP contribution is -2.24. The van der Waals surface area contributed by atoms with E-state index in [9.17, 15) is 26.4 Å². The quantitative estimate of drug-likeness (QED) is 0.844. The molecule has 3 N–H and O–H groups in total. The number of carbonyl (C=O) groups is 1. The Morgan fingerprint density at radius 3 is 2.52 bits per heavy atom. The number of anilines is 1. The maximum absolute atomic E-state index is 11.8. The number of primary sulfonamides is 1. The molecule has 11 heteroatoms. The standard InChI is InChI=1S/C10H10ClF3N2O4S/c11-7-2-1-6(21(15,18)19)3-8(7)16-9(17)4-20-5-10(12,13)14/h1-3H,4-5H2,(H,16,17)(H2,15,18,19). The van der Waals surface area contributed by atoms with Crippen molar-refractivity contribution in [3.05, 3.63) is 23.2 Å². The molecule has 6 nitrogen and oxygen atoms in total. The Kier molecular flexibility index (Phi) is 5.56. The van der Waals surface area contributed by atoms with E-state index in [-0.39, 0.29) is 15.6 Å². The number of nitrogens with two attached hydrogens (primary N) is 1. The average molecular weight is 347 g/mol. The Morgan fingerprint density at radius 1 is 1.38 bits per heavy atom. The fourth-order valence-electron chi connectivity index (χ4n) is 1.22. The van der Waals surface area contributed by atoms with Gasteiger partial charge in [0.15, 0.2) is 0 Å². The van der Waals surface area contributed by atoms with Gasteiger partial charge in [-0.15, -0.1) is 0 Å². The van der Waals surface area contributed by atoms with E-state index in [4.69, 9.17) is 16.7 Å². The van der Waals surface area contributed by atoms with Crippen LogP contribution in [0.1, 0.15) is 0 Å². The summed E-state index contributed by atoms with van der Waals surface area (Å²) in [5.74, 6) is -0.923. The van der Waals surface area contributed by atoms with E-state index >= 15 is 0 Å². The molecule has 1 aromatic carbocycles. The van der Waals surface area contributed by atoms with Crippen LogP contribution in [0.4, 0.5) is 18.9 Å². The SMILES string of the molecule is NS(=O)(=O)c1ccc(Cl)c(NC(=O)COCC(F)(F)F)c1. The number of sulfonamides is 1. The van der Waals surface area contributed by atoms with E-state index in [2.05, 4.69) is 10.1 Å². The Morgan fingerprint density at radius 2 is 2.00 bits per heavy atom. The summed E-state index contributed by atoms with van der Waals surface area (Å²) in [6, 6.07) is 3.28. The van der Waals surface area contributed by atoms with E-state index in [0.717, 1.165) is 12.1 Å². The fraction of sp³-hybridized carbons (Fsp3) is 0.300. The molecule has 0 aliphatic rings. The van der Waals surface area contributed by atoms with Gasteiger partial charge in [0.2, 0.25) is 15.9 Å². The second-order valence-corrected chi connectivity index (χ2v) is 5.81. The lowest BCUT2D eigenvalue weighted by Gasteiger charge is -2.10. The summed E-state index contributed by atoms with van der Waals surface area (Å²) in [6.45, 7) is -2.44. The van der Waals surface area contributed by atoms with Crippen LogP contribution in [-0.2, 0) is 19.6 Å². The summed E-state index contributed by atoms with van der Waals surface area (Å²) in [4.78, 5) is 11.1. The van der Waals surface area contributed by atoms with E-state index < -0.39 is 35.3 Å². The zero-order valence-corrected chi connectivity index (χ0v) is 11.8. The molecule has 21 heavy (non-hydrogen) atoms. The second-order valence-electron chi connectivity index (χ2n) is 3.84. The first-order valence-corrected chi connectivity index (χ1v) is 7.18. The molecule has 0 spiro atoms. The zero-order valence-electron chi connectivity index (χ0n) is 10.3. The Hall–Kier alpha value is -1.36. The largest absolute Gasteiger partial charge is 0.411 e. The summed E-state index contributed by atoms with van der Waals surface area (Å²) < 4.78 is 61.9. The second kappa shape index (κ2) is 6.60. The van der Waals surface area contributed by atoms with Gasteiger partial charge in [0.1, 0.15) is 13.2 Å². The highest BCUT2D eigenvalue weighted by molar-refractivity contribution is 7.89. The summed E-state index contributed by atoms with van der Waals surface area (Å²) in [7, 11) is -4.00. The molecule has 0 saturated carbocycles. The number of benzene rings is 1. The molecule has 0 aliphatic heterocycles. The topological polar surface area (TPSA) is 98.5 Å². The van der Waals surface area contributed by atoms with Crippen LogP contribution in [0.3, 0.4) is 0 Å². The van der Waals surface area contributed by atoms with Gasteiger partial charge in [0.25, 0.3) is 0 Å². The van der Waals surface area contributed by atoms with E-state index in [1.807, 2.05) is 0 Å². The van der Waals surface area contributed by atoms with Crippen molar-refractivity contribution < 1.29 is 31.1 Å². The van der Waals surface area contributed by atoms with Crippen molar-refractivity contribution in [2.45, 2.75) is 11.1 Å². The highest BCUT2D eigenvalue weighted by Gasteiger charge is 2.27. The molecule has 0 bridgehead atoms. The minimum atomic E-state index is -4.55. The van der Waals surface area contributed by atoms with Crippen molar-refractivity contribution >= 4 is 33.2 Å². The monoisotopic (exact) mass is 346 g/mol. The van der Waals surface area contributed by atoms with Gasteiger partial charge in [-0.05, 0) is 18.2 Å². The molecule has 1 amide bonds. The van der Waals surface area contributed by atoms with Crippen LogP contribution in [-0.4, -0.2) is 33.7 Å². The van der Waals surface area contributed by atoms with Crippen LogP contribution >= 0.6 is 11.6 Å². The fourth-order valence-corrected chi connectivity index (χ4v) is 1.93. The maximum atomic E-state index is 11.8. The van der Waals surface area contributed by atoms with Crippen molar-refractivity contribution in [2.75, 3.05) is 18.5 Å². The van der Waals surface area contributed by atoms with Gasteiger partial charge in [-0.3, -0.25) is 4.79 Å². The molecule has 1 aromatic rings.